The second kappa shape index (κ2) is 6.34. The van der Waals surface area contributed by atoms with Gasteiger partial charge in [0.25, 0.3) is 0 Å². The lowest BCUT2D eigenvalue weighted by atomic mass is 10.0. The van der Waals surface area contributed by atoms with Crippen molar-refractivity contribution in [3.8, 4) is 0 Å². The Morgan fingerprint density at radius 2 is 1.95 bits per heavy atom. The van der Waals surface area contributed by atoms with Gasteiger partial charge in [-0.3, -0.25) is 4.79 Å². The van der Waals surface area contributed by atoms with Crippen LogP contribution in [0.4, 0.5) is 5.82 Å². The lowest BCUT2D eigenvalue weighted by Gasteiger charge is -2.37. The molecule has 0 spiro atoms. The molecule has 1 aliphatic rings. The molecule has 2 aromatic rings. The summed E-state index contributed by atoms with van der Waals surface area (Å²) in [6, 6.07) is 2.01. The van der Waals surface area contributed by atoms with E-state index >= 15 is 0 Å². The van der Waals surface area contributed by atoms with Gasteiger partial charge in [0, 0.05) is 38.3 Å². The molecule has 0 aliphatic carbocycles. The molecule has 6 nitrogen and oxygen atoms in total. The highest BCUT2D eigenvalue weighted by Crippen LogP contribution is 2.23. The van der Waals surface area contributed by atoms with E-state index in [-0.39, 0.29) is 5.92 Å². The van der Waals surface area contributed by atoms with Gasteiger partial charge in [-0.1, -0.05) is 13.8 Å². The van der Waals surface area contributed by atoms with Crippen molar-refractivity contribution in [3.05, 3.63) is 18.6 Å². The predicted molar refractivity (Wildman–Crippen MR) is 86.8 cm³/mol. The number of nitrogens with zero attached hydrogens (tertiary/aromatic N) is 4. The fraction of sp³-hybridized carbons (Fsp3) is 0.562. The molecule has 1 fully saturated rings. The standard InChI is InChI=1S/C16H23N5O/c1-3-12(4-2)16(22)21-9-7-20(8-10-21)15-13-5-6-17-14(13)18-11-19-15/h5-6,11-12H,3-4,7-10H2,1-2H3,(H,17,18,19). The first kappa shape index (κ1) is 14.8. The van der Waals surface area contributed by atoms with Crippen molar-refractivity contribution in [2.45, 2.75) is 26.7 Å². The Bertz CT molecular complexity index is 641. The third-order valence-corrected chi connectivity index (χ3v) is 4.56. The van der Waals surface area contributed by atoms with E-state index in [1.165, 1.54) is 0 Å². The molecular weight excluding hydrogens is 278 g/mol. The number of carbonyl (C=O) groups excluding carboxylic acids is 1. The topological polar surface area (TPSA) is 65.1 Å². The van der Waals surface area contributed by atoms with Crippen molar-refractivity contribution in [3.63, 3.8) is 0 Å². The maximum Gasteiger partial charge on any atom is 0.225 e. The first-order chi connectivity index (χ1) is 10.7. The molecule has 118 valence electrons. The summed E-state index contributed by atoms with van der Waals surface area (Å²) < 4.78 is 0. The van der Waals surface area contributed by atoms with E-state index in [9.17, 15) is 4.79 Å². The zero-order valence-electron chi connectivity index (χ0n) is 13.2. The number of nitrogens with one attached hydrogen (secondary N) is 1. The minimum atomic E-state index is 0.169. The highest BCUT2D eigenvalue weighted by Gasteiger charge is 2.26. The second-order valence-corrected chi connectivity index (χ2v) is 5.76. The highest BCUT2D eigenvalue weighted by molar-refractivity contribution is 5.87. The number of fused-ring (bicyclic) bond motifs is 1. The van der Waals surface area contributed by atoms with Crippen LogP contribution >= 0.6 is 0 Å². The van der Waals surface area contributed by atoms with Crippen LogP contribution < -0.4 is 4.90 Å². The van der Waals surface area contributed by atoms with Crippen molar-refractivity contribution < 1.29 is 4.79 Å². The molecule has 2 aromatic heterocycles. The Morgan fingerprint density at radius 1 is 1.23 bits per heavy atom. The molecule has 1 saturated heterocycles. The van der Waals surface area contributed by atoms with Crippen LogP contribution in [0.1, 0.15) is 26.7 Å². The molecule has 3 rings (SSSR count). The number of aromatic amines is 1. The van der Waals surface area contributed by atoms with Gasteiger partial charge in [0.15, 0.2) is 0 Å². The molecule has 0 saturated carbocycles. The van der Waals surface area contributed by atoms with Crippen LogP contribution in [0.25, 0.3) is 11.0 Å². The summed E-state index contributed by atoms with van der Waals surface area (Å²) in [5, 5.41) is 1.04. The Balaban J connectivity index is 1.69. The summed E-state index contributed by atoms with van der Waals surface area (Å²) in [6.45, 7) is 7.36. The van der Waals surface area contributed by atoms with Gasteiger partial charge in [-0.2, -0.15) is 0 Å². The second-order valence-electron chi connectivity index (χ2n) is 5.76. The van der Waals surface area contributed by atoms with Gasteiger partial charge in [-0.15, -0.1) is 0 Å². The molecule has 0 unspecified atom stereocenters. The quantitative estimate of drug-likeness (QED) is 0.938. The number of carbonyl (C=O) groups is 1. The van der Waals surface area contributed by atoms with Crippen molar-refractivity contribution in [1.29, 1.82) is 0 Å². The van der Waals surface area contributed by atoms with E-state index < -0.39 is 0 Å². The minimum Gasteiger partial charge on any atom is -0.352 e. The van der Waals surface area contributed by atoms with Gasteiger partial charge in [-0.25, -0.2) is 9.97 Å². The van der Waals surface area contributed by atoms with Gasteiger partial charge < -0.3 is 14.8 Å². The van der Waals surface area contributed by atoms with Crippen LogP contribution in [0.2, 0.25) is 0 Å². The summed E-state index contributed by atoms with van der Waals surface area (Å²) >= 11 is 0. The van der Waals surface area contributed by atoms with Crippen LogP contribution in [0.5, 0.6) is 0 Å². The molecule has 0 bridgehead atoms. The summed E-state index contributed by atoms with van der Waals surface area (Å²) in [5.74, 6) is 1.43. The van der Waals surface area contributed by atoms with E-state index in [0.29, 0.717) is 5.91 Å². The molecule has 1 amide bonds. The Morgan fingerprint density at radius 3 is 2.64 bits per heavy atom. The SMILES string of the molecule is CCC(CC)C(=O)N1CCN(c2ncnc3[nH]ccc23)CC1. The highest BCUT2D eigenvalue weighted by atomic mass is 16.2. The van der Waals surface area contributed by atoms with Crippen molar-refractivity contribution in [2.24, 2.45) is 5.92 Å². The number of H-pyrrole nitrogens is 1. The van der Waals surface area contributed by atoms with Gasteiger partial charge in [0.1, 0.15) is 17.8 Å². The minimum absolute atomic E-state index is 0.169. The van der Waals surface area contributed by atoms with E-state index in [0.717, 1.165) is 55.9 Å². The van der Waals surface area contributed by atoms with Crippen molar-refractivity contribution in [2.75, 3.05) is 31.1 Å². The van der Waals surface area contributed by atoms with E-state index in [2.05, 4.69) is 33.7 Å². The van der Waals surface area contributed by atoms with E-state index in [1.54, 1.807) is 6.33 Å². The monoisotopic (exact) mass is 301 g/mol. The predicted octanol–water partition coefficient (Wildman–Crippen LogP) is 2.04. The number of amides is 1. The normalized spacial score (nSPS) is 15.8. The number of hydrogen-bond donors (Lipinski definition) is 1. The maximum atomic E-state index is 12.5. The number of hydrogen-bond acceptors (Lipinski definition) is 4. The third-order valence-electron chi connectivity index (χ3n) is 4.56. The molecule has 0 aromatic carbocycles. The number of aromatic nitrogens is 3. The van der Waals surface area contributed by atoms with Gasteiger partial charge in [0.05, 0.1) is 5.39 Å². The summed E-state index contributed by atoms with van der Waals surface area (Å²) in [6.07, 6.45) is 5.32. The number of rotatable bonds is 4. The van der Waals surface area contributed by atoms with Crippen LogP contribution in [0.15, 0.2) is 18.6 Å². The smallest absolute Gasteiger partial charge is 0.225 e. The van der Waals surface area contributed by atoms with Crippen molar-refractivity contribution in [1.82, 2.24) is 19.9 Å². The molecule has 0 radical (unpaired) electrons. The summed E-state index contributed by atoms with van der Waals surface area (Å²) in [5.41, 5.74) is 0.862. The average Bonchev–Trinajstić information content (AvgIpc) is 3.04. The fourth-order valence-corrected chi connectivity index (χ4v) is 3.15. The molecule has 22 heavy (non-hydrogen) atoms. The summed E-state index contributed by atoms with van der Waals surface area (Å²) in [4.78, 5) is 28.5. The molecule has 1 N–H and O–H groups in total. The molecule has 1 aliphatic heterocycles. The van der Waals surface area contributed by atoms with E-state index in [4.69, 9.17) is 0 Å². The Hall–Kier alpha value is -2.11. The Kier molecular flexibility index (Phi) is 4.27. The molecule has 6 heteroatoms. The van der Waals surface area contributed by atoms with E-state index in [1.807, 2.05) is 17.2 Å². The summed E-state index contributed by atoms with van der Waals surface area (Å²) in [7, 11) is 0. The first-order valence-electron chi connectivity index (χ1n) is 8.06. The molecule has 0 atom stereocenters. The van der Waals surface area contributed by atoms with Crippen LogP contribution in [-0.4, -0.2) is 51.9 Å². The van der Waals surface area contributed by atoms with Gasteiger partial charge >= 0.3 is 0 Å². The lowest BCUT2D eigenvalue weighted by Crippen LogP contribution is -2.50. The van der Waals surface area contributed by atoms with Crippen LogP contribution in [-0.2, 0) is 4.79 Å². The number of anilines is 1. The average molecular weight is 301 g/mol. The van der Waals surface area contributed by atoms with Crippen LogP contribution in [0.3, 0.4) is 0 Å². The fourth-order valence-electron chi connectivity index (χ4n) is 3.15. The maximum absolute atomic E-state index is 12.5. The lowest BCUT2D eigenvalue weighted by molar-refractivity contribution is -0.136. The molecular formula is C16H23N5O. The van der Waals surface area contributed by atoms with Gasteiger partial charge in [0.2, 0.25) is 5.91 Å². The zero-order chi connectivity index (χ0) is 15.5. The largest absolute Gasteiger partial charge is 0.352 e. The zero-order valence-corrected chi connectivity index (χ0v) is 13.2. The van der Waals surface area contributed by atoms with Crippen molar-refractivity contribution >= 4 is 22.8 Å². The van der Waals surface area contributed by atoms with Gasteiger partial charge in [-0.05, 0) is 18.9 Å². The molecule has 3 heterocycles. The van der Waals surface area contributed by atoms with Crippen LogP contribution in [0, 0.1) is 5.92 Å². The number of piperazine rings is 1. The third kappa shape index (κ3) is 2.65. The first-order valence-corrected chi connectivity index (χ1v) is 8.06. The Labute approximate surface area is 130 Å².